The monoisotopic (exact) mass is 244 g/mol. The zero-order chi connectivity index (χ0) is 13.2. The Morgan fingerprint density at radius 1 is 1.24 bits per heavy atom. The summed E-state index contributed by atoms with van der Waals surface area (Å²) < 4.78 is 15.0. The predicted molar refractivity (Wildman–Crippen MR) is 56.8 cm³/mol. The van der Waals surface area contributed by atoms with Crippen molar-refractivity contribution in [2.75, 3.05) is 0 Å². The molecule has 0 unspecified atom stereocenters. The predicted octanol–water partition coefficient (Wildman–Crippen LogP) is 0.143. The highest BCUT2D eigenvalue weighted by molar-refractivity contribution is 5.67. The molecule has 96 valence electrons. The molecular weight excluding hydrogens is 228 g/mol. The van der Waals surface area contributed by atoms with Crippen LogP contribution in [0.5, 0.6) is 0 Å². The Hall–Kier alpha value is -1.40. The van der Waals surface area contributed by atoms with Crippen LogP contribution in [0, 0.1) is 0 Å². The van der Waals surface area contributed by atoms with Gasteiger partial charge in [-0.15, -0.1) is 0 Å². The largest absolute Gasteiger partial charge is 0.455 e. The molecule has 0 bridgehead atoms. The lowest BCUT2D eigenvalue weighted by Crippen LogP contribution is -2.50. The van der Waals surface area contributed by atoms with Gasteiger partial charge in [0.25, 0.3) is 0 Å². The molecule has 0 aromatic rings. The summed E-state index contributed by atoms with van der Waals surface area (Å²) in [4.78, 5) is 21.8. The summed E-state index contributed by atoms with van der Waals surface area (Å²) in [5.41, 5.74) is 0.307. The van der Waals surface area contributed by atoms with Gasteiger partial charge in [-0.1, -0.05) is 6.58 Å². The number of rotatable bonds is 2. The van der Waals surface area contributed by atoms with Crippen LogP contribution in [0.1, 0.15) is 20.8 Å². The third kappa shape index (κ3) is 3.28. The zero-order valence-corrected chi connectivity index (χ0v) is 10.0. The number of carbonyl (C=O) groups is 2. The van der Waals surface area contributed by atoms with E-state index in [0.29, 0.717) is 5.57 Å². The van der Waals surface area contributed by atoms with E-state index in [1.54, 1.807) is 6.92 Å². The maximum atomic E-state index is 10.9. The summed E-state index contributed by atoms with van der Waals surface area (Å²) >= 11 is 0. The first-order valence-electron chi connectivity index (χ1n) is 5.19. The van der Waals surface area contributed by atoms with Crippen LogP contribution in [0.15, 0.2) is 12.2 Å². The summed E-state index contributed by atoms with van der Waals surface area (Å²) in [5, 5.41) is 9.61. The van der Waals surface area contributed by atoms with E-state index in [4.69, 9.17) is 14.2 Å². The Morgan fingerprint density at radius 3 is 2.18 bits per heavy atom. The molecule has 17 heavy (non-hydrogen) atoms. The van der Waals surface area contributed by atoms with E-state index in [2.05, 4.69) is 6.58 Å². The number of hydrogen-bond acceptors (Lipinski definition) is 6. The second kappa shape index (κ2) is 5.29. The highest BCUT2D eigenvalue weighted by Crippen LogP contribution is 2.27. The Balaban J connectivity index is 2.82. The highest BCUT2D eigenvalue weighted by Gasteiger charge is 2.41. The fraction of sp³-hybridized carbons (Fsp3) is 0.636. The van der Waals surface area contributed by atoms with Crippen LogP contribution in [0.25, 0.3) is 0 Å². The number of aliphatic hydroxyl groups is 1. The Morgan fingerprint density at radius 2 is 1.71 bits per heavy atom. The average Bonchev–Trinajstić information content (AvgIpc) is 2.18. The maximum absolute atomic E-state index is 10.9. The minimum absolute atomic E-state index is 0.307. The third-order valence-electron chi connectivity index (χ3n) is 2.36. The van der Waals surface area contributed by atoms with E-state index in [1.807, 2.05) is 0 Å². The molecule has 6 nitrogen and oxygen atoms in total. The normalized spacial score (nSPS) is 33.1. The van der Waals surface area contributed by atoms with Crippen LogP contribution >= 0.6 is 0 Å². The maximum Gasteiger partial charge on any atom is 0.303 e. The van der Waals surface area contributed by atoms with Crippen LogP contribution in [0.4, 0.5) is 0 Å². The van der Waals surface area contributed by atoms with E-state index in [9.17, 15) is 14.7 Å². The molecule has 0 spiro atoms. The van der Waals surface area contributed by atoms with Crippen LogP contribution in [0.3, 0.4) is 0 Å². The lowest BCUT2D eigenvalue weighted by atomic mass is 9.97. The van der Waals surface area contributed by atoms with E-state index >= 15 is 0 Å². The van der Waals surface area contributed by atoms with Crippen molar-refractivity contribution in [3.05, 3.63) is 12.2 Å². The minimum atomic E-state index is -1.30. The molecule has 1 saturated heterocycles. The van der Waals surface area contributed by atoms with E-state index in [0.717, 1.165) is 0 Å². The van der Waals surface area contributed by atoms with E-state index < -0.39 is 36.5 Å². The van der Waals surface area contributed by atoms with Gasteiger partial charge in [-0.3, -0.25) is 9.59 Å². The van der Waals surface area contributed by atoms with Crippen LogP contribution in [-0.4, -0.2) is 41.6 Å². The summed E-state index contributed by atoms with van der Waals surface area (Å²) in [7, 11) is 0. The Kier molecular flexibility index (Phi) is 4.25. The lowest BCUT2D eigenvalue weighted by Gasteiger charge is -2.38. The molecule has 0 amide bonds. The van der Waals surface area contributed by atoms with Crippen molar-refractivity contribution in [1.82, 2.24) is 0 Å². The van der Waals surface area contributed by atoms with Crippen molar-refractivity contribution in [3.63, 3.8) is 0 Å². The van der Waals surface area contributed by atoms with Crippen LogP contribution in [0.2, 0.25) is 0 Å². The number of carbonyl (C=O) groups excluding carboxylic acids is 2. The fourth-order valence-electron chi connectivity index (χ4n) is 1.67. The van der Waals surface area contributed by atoms with Gasteiger partial charge in [0.05, 0.1) is 6.10 Å². The van der Waals surface area contributed by atoms with Crippen molar-refractivity contribution >= 4 is 11.9 Å². The molecule has 1 heterocycles. The van der Waals surface area contributed by atoms with Gasteiger partial charge in [-0.2, -0.15) is 0 Å². The van der Waals surface area contributed by atoms with Gasteiger partial charge in [-0.25, -0.2) is 0 Å². The highest BCUT2D eigenvalue weighted by atomic mass is 16.7. The van der Waals surface area contributed by atoms with Gasteiger partial charge in [0, 0.05) is 19.4 Å². The smallest absolute Gasteiger partial charge is 0.303 e. The number of ether oxygens (including phenoxy) is 3. The summed E-state index contributed by atoms with van der Waals surface area (Å²) in [6.07, 6.45) is -3.60. The summed E-state index contributed by atoms with van der Waals surface area (Å²) in [6.45, 7) is 7.78. The first kappa shape index (κ1) is 13.7. The molecule has 0 aliphatic carbocycles. The average molecular weight is 244 g/mol. The quantitative estimate of drug-likeness (QED) is 0.549. The van der Waals surface area contributed by atoms with Gasteiger partial charge < -0.3 is 19.3 Å². The lowest BCUT2D eigenvalue weighted by molar-refractivity contribution is -0.231. The molecule has 1 aliphatic heterocycles. The topological polar surface area (TPSA) is 82.1 Å². The van der Waals surface area contributed by atoms with Gasteiger partial charge in [0.15, 0.2) is 18.5 Å². The van der Waals surface area contributed by atoms with Crippen molar-refractivity contribution in [1.29, 1.82) is 0 Å². The first-order valence-corrected chi connectivity index (χ1v) is 5.19. The SMILES string of the molecule is C=C1[C@@H](OC(C)=O)[C@@H](O)O[C@H](C)[C@H]1OC(C)=O. The summed E-state index contributed by atoms with van der Waals surface area (Å²) in [6, 6.07) is 0. The van der Waals surface area contributed by atoms with Gasteiger partial charge >= 0.3 is 11.9 Å². The molecule has 0 aromatic heterocycles. The molecular formula is C11H16O6. The van der Waals surface area contributed by atoms with Crippen LogP contribution < -0.4 is 0 Å². The zero-order valence-electron chi connectivity index (χ0n) is 10.0. The van der Waals surface area contributed by atoms with Crippen LogP contribution in [-0.2, 0) is 23.8 Å². The number of hydrogen-bond donors (Lipinski definition) is 1. The third-order valence-corrected chi connectivity index (χ3v) is 2.36. The molecule has 1 fully saturated rings. The minimum Gasteiger partial charge on any atom is -0.455 e. The molecule has 0 saturated carbocycles. The van der Waals surface area contributed by atoms with Crippen molar-refractivity contribution in [2.24, 2.45) is 0 Å². The van der Waals surface area contributed by atoms with E-state index in [1.165, 1.54) is 13.8 Å². The number of aliphatic hydroxyl groups excluding tert-OH is 1. The van der Waals surface area contributed by atoms with Crippen molar-refractivity contribution < 1.29 is 28.9 Å². The number of esters is 2. The Bertz CT molecular complexity index is 307. The second-order valence-electron chi connectivity index (χ2n) is 3.87. The van der Waals surface area contributed by atoms with E-state index in [-0.39, 0.29) is 0 Å². The molecule has 0 radical (unpaired) electrons. The second-order valence-corrected chi connectivity index (χ2v) is 3.87. The molecule has 1 rings (SSSR count). The Labute approximate surface area is 99.2 Å². The molecule has 4 atom stereocenters. The fourth-order valence-corrected chi connectivity index (χ4v) is 1.67. The van der Waals surface area contributed by atoms with Crippen molar-refractivity contribution in [3.8, 4) is 0 Å². The summed E-state index contributed by atoms with van der Waals surface area (Å²) in [5.74, 6) is -1.07. The van der Waals surface area contributed by atoms with Gasteiger partial charge in [-0.05, 0) is 6.92 Å². The standard InChI is InChI=1S/C11H16O6/c1-5-9(16-7(3)12)6(2)15-11(14)10(5)17-8(4)13/h6,9-11,14H,1H2,2-4H3/t6-,9+,10-,11+/m1/s1. The van der Waals surface area contributed by atoms with Gasteiger partial charge in [0.2, 0.25) is 0 Å². The molecule has 1 aliphatic rings. The molecule has 6 heteroatoms. The molecule has 0 aromatic carbocycles. The molecule has 1 N–H and O–H groups in total. The van der Waals surface area contributed by atoms with Crippen molar-refractivity contribution in [2.45, 2.75) is 45.4 Å². The first-order chi connectivity index (χ1) is 7.82. The van der Waals surface area contributed by atoms with Gasteiger partial charge in [0.1, 0.15) is 0 Å².